The predicted molar refractivity (Wildman–Crippen MR) is 131 cm³/mol. The Kier molecular flexibility index (Phi) is 9.83. The number of benzene rings is 1. The molecule has 3 rings (SSSR count). The van der Waals surface area contributed by atoms with Crippen LogP contribution in [0.25, 0.3) is 5.57 Å². The van der Waals surface area contributed by atoms with Crippen molar-refractivity contribution in [3.05, 3.63) is 64.8 Å². The SMILES string of the molecule is COCCOc1ccc(C2=C=CC=C(S(=O)C3(C(=O)NO)CCN(CCOC)CC3)C=C2)cc1. The van der Waals surface area contributed by atoms with Gasteiger partial charge in [0, 0.05) is 44.3 Å². The lowest BCUT2D eigenvalue weighted by molar-refractivity contribution is -0.133. The molecule has 1 aromatic carbocycles. The van der Waals surface area contributed by atoms with E-state index >= 15 is 0 Å². The van der Waals surface area contributed by atoms with E-state index in [2.05, 4.69) is 10.6 Å². The van der Waals surface area contributed by atoms with Gasteiger partial charge in [0.2, 0.25) is 0 Å². The third-order valence-corrected chi connectivity index (χ3v) is 7.99. The second-order valence-corrected chi connectivity index (χ2v) is 9.82. The Morgan fingerprint density at radius 2 is 1.82 bits per heavy atom. The van der Waals surface area contributed by atoms with Gasteiger partial charge in [0.25, 0.3) is 5.91 Å². The molecule has 0 saturated carbocycles. The van der Waals surface area contributed by atoms with Gasteiger partial charge in [0.15, 0.2) is 0 Å². The Hall–Kier alpha value is -2.52. The standard InChI is InChI=1S/C25H32N2O6S/c1-31-17-16-27-14-12-25(13-15-27,24(28)26-29)34(30)23-5-3-4-20(8-11-23)21-6-9-22(10-7-21)33-19-18-32-2/h3,5-11,29H,12-19H2,1-2H3,(H,26,28). The minimum absolute atomic E-state index is 0.370. The zero-order valence-corrected chi connectivity index (χ0v) is 20.4. The Labute approximate surface area is 203 Å². The molecule has 2 N–H and O–H groups in total. The first kappa shape index (κ1) is 26.1. The zero-order chi connectivity index (χ0) is 24.4. The quantitative estimate of drug-likeness (QED) is 0.214. The zero-order valence-electron chi connectivity index (χ0n) is 19.6. The number of ether oxygens (including phenoxy) is 3. The Morgan fingerprint density at radius 3 is 2.47 bits per heavy atom. The first-order valence-electron chi connectivity index (χ1n) is 11.2. The first-order valence-corrected chi connectivity index (χ1v) is 12.3. The summed E-state index contributed by atoms with van der Waals surface area (Å²) in [5, 5.41) is 9.40. The molecule has 8 nitrogen and oxygen atoms in total. The molecule has 1 aromatic rings. The Morgan fingerprint density at radius 1 is 1.12 bits per heavy atom. The van der Waals surface area contributed by atoms with Gasteiger partial charge in [0.05, 0.1) is 24.0 Å². The van der Waals surface area contributed by atoms with Crippen molar-refractivity contribution in [3.63, 3.8) is 0 Å². The molecule has 9 heteroatoms. The molecule has 1 atom stereocenters. The topological polar surface area (TPSA) is 97.3 Å². The van der Waals surface area contributed by atoms with E-state index in [1.54, 1.807) is 37.9 Å². The highest BCUT2D eigenvalue weighted by Crippen LogP contribution is 2.34. The van der Waals surface area contributed by atoms with Gasteiger partial charge in [-0.25, -0.2) is 5.48 Å². The van der Waals surface area contributed by atoms with Crippen molar-refractivity contribution in [2.45, 2.75) is 17.6 Å². The number of likely N-dealkylation sites (tertiary alicyclic amines) is 1. The van der Waals surface area contributed by atoms with Crippen LogP contribution in [0.15, 0.2) is 59.2 Å². The molecule has 1 aliphatic heterocycles. The van der Waals surface area contributed by atoms with E-state index < -0.39 is 21.5 Å². The van der Waals surface area contributed by atoms with Gasteiger partial charge in [-0.3, -0.25) is 14.2 Å². The van der Waals surface area contributed by atoms with Crippen molar-refractivity contribution in [3.8, 4) is 5.75 Å². The van der Waals surface area contributed by atoms with Crippen molar-refractivity contribution in [1.82, 2.24) is 10.4 Å². The van der Waals surface area contributed by atoms with E-state index in [4.69, 9.17) is 14.2 Å². The first-order chi connectivity index (χ1) is 16.5. The van der Waals surface area contributed by atoms with Crippen molar-refractivity contribution < 1.29 is 28.4 Å². The van der Waals surface area contributed by atoms with Crippen LogP contribution in [-0.2, 0) is 25.1 Å². The molecule has 2 aliphatic rings. The second kappa shape index (κ2) is 12.8. The lowest BCUT2D eigenvalue weighted by atomic mass is 9.95. The van der Waals surface area contributed by atoms with E-state index in [1.165, 1.54) is 0 Å². The Bertz CT molecular complexity index is 987. The Balaban J connectivity index is 1.71. The maximum Gasteiger partial charge on any atom is 0.262 e. The molecule has 0 aromatic heterocycles. The highest BCUT2D eigenvalue weighted by Gasteiger charge is 2.47. The summed E-state index contributed by atoms with van der Waals surface area (Å²) in [6.07, 6.45) is 7.77. The predicted octanol–water partition coefficient (Wildman–Crippen LogP) is 2.44. The third-order valence-electron chi connectivity index (χ3n) is 5.98. The number of carbonyl (C=O) groups is 1. The van der Waals surface area contributed by atoms with E-state index in [-0.39, 0.29) is 0 Å². The lowest BCUT2D eigenvalue weighted by Crippen LogP contribution is -2.56. The molecule has 1 amide bonds. The smallest absolute Gasteiger partial charge is 0.262 e. The number of piperidine rings is 1. The van der Waals surface area contributed by atoms with Crippen LogP contribution in [0.5, 0.6) is 5.75 Å². The van der Waals surface area contributed by atoms with Gasteiger partial charge < -0.3 is 19.1 Å². The van der Waals surface area contributed by atoms with Crippen molar-refractivity contribution >= 4 is 22.3 Å². The molecule has 0 bridgehead atoms. The number of hydrogen-bond acceptors (Lipinski definition) is 7. The third kappa shape index (κ3) is 6.33. The molecule has 1 aliphatic carbocycles. The summed E-state index contributed by atoms with van der Waals surface area (Å²) in [6.45, 7) is 3.52. The molecule has 1 saturated heterocycles. The van der Waals surface area contributed by atoms with E-state index in [0.717, 1.165) is 23.4 Å². The monoisotopic (exact) mass is 488 g/mol. The molecule has 0 radical (unpaired) electrons. The van der Waals surface area contributed by atoms with Crippen molar-refractivity contribution in [1.29, 1.82) is 0 Å². The normalized spacial score (nSPS) is 18.6. The van der Waals surface area contributed by atoms with Gasteiger partial charge >= 0.3 is 0 Å². The van der Waals surface area contributed by atoms with Gasteiger partial charge in [-0.2, -0.15) is 0 Å². The summed E-state index contributed by atoms with van der Waals surface area (Å²) >= 11 is 0. The molecule has 1 heterocycles. The molecule has 0 spiro atoms. The fourth-order valence-electron chi connectivity index (χ4n) is 3.94. The highest BCUT2D eigenvalue weighted by molar-refractivity contribution is 7.91. The summed E-state index contributed by atoms with van der Waals surface area (Å²) < 4.78 is 28.2. The average molecular weight is 489 g/mol. The summed E-state index contributed by atoms with van der Waals surface area (Å²) in [6, 6.07) is 7.62. The number of allylic oxidation sites excluding steroid dienone is 4. The van der Waals surface area contributed by atoms with Crippen LogP contribution in [-0.4, -0.2) is 78.6 Å². The van der Waals surface area contributed by atoms with Crippen molar-refractivity contribution in [2.75, 3.05) is 53.7 Å². The van der Waals surface area contributed by atoms with E-state index in [0.29, 0.717) is 50.7 Å². The van der Waals surface area contributed by atoms with Crippen molar-refractivity contribution in [2.24, 2.45) is 0 Å². The maximum atomic E-state index is 13.7. The number of carbonyl (C=O) groups excluding carboxylic acids is 1. The van der Waals surface area contributed by atoms with Crippen LogP contribution in [0.3, 0.4) is 0 Å². The summed E-state index contributed by atoms with van der Waals surface area (Å²) in [5.74, 6) is 0.133. The number of nitrogens with one attached hydrogen (secondary N) is 1. The van der Waals surface area contributed by atoms with Crippen LogP contribution >= 0.6 is 0 Å². The number of hydroxylamine groups is 1. The van der Waals surface area contributed by atoms with E-state index in [1.807, 2.05) is 30.3 Å². The van der Waals surface area contributed by atoms with Gasteiger partial charge in [0.1, 0.15) is 17.1 Å². The van der Waals surface area contributed by atoms with Crippen LogP contribution in [0.2, 0.25) is 0 Å². The van der Waals surface area contributed by atoms with Crippen LogP contribution < -0.4 is 10.2 Å². The summed E-state index contributed by atoms with van der Waals surface area (Å²) in [7, 11) is 1.61. The number of hydrogen-bond donors (Lipinski definition) is 2. The molecular weight excluding hydrogens is 456 g/mol. The largest absolute Gasteiger partial charge is 0.491 e. The van der Waals surface area contributed by atoms with Gasteiger partial charge in [-0.15, -0.1) is 5.73 Å². The number of methoxy groups -OCH3 is 2. The van der Waals surface area contributed by atoms with Crippen LogP contribution in [0.1, 0.15) is 18.4 Å². The highest BCUT2D eigenvalue weighted by atomic mass is 32.2. The fourth-order valence-corrected chi connectivity index (χ4v) is 5.54. The van der Waals surface area contributed by atoms with Gasteiger partial charge in [-0.05, 0) is 54.8 Å². The fraction of sp³-hybridized carbons (Fsp3) is 0.440. The average Bonchev–Trinajstić information content (AvgIpc) is 3.14. The van der Waals surface area contributed by atoms with E-state index in [9.17, 15) is 14.2 Å². The lowest BCUT2D eigenvalue weighted by Gasteiger charge is -2.39. The molecule has 1 fully saturated rings. The number of nitrogens with zero attached hydrogens (tertiary/aromatic N) is 1. The molecule has 1 unspecified atom stereocenters. The van der Waals surface area contributed by atoms with Crippen LogP contribution in [0.4, 0.5) is 0 Å². The minimum Gasteiger partial charge on any atom is -0.491 e. The maximum absolute atomic E-state index is 13.7. The molecule has 34 heavy (non-hydrogen) atoms. The summed E-state index contributed by atoms with van der Waals surface area (Å²) in [4.78, 5) is 15.4. The minimum atomic E-state index is -1.67. The second-order valence-electron chi connectivity index (χ2n) is 8.03. The molecular formula is C25H32N2O6S. The molecule has 184 valence electrons. The number of amides is 1. The summed E-state index contributed by atoms with van der Waals surface area (Å²) in [5.41, 5.74) is 6.71. The van der Waals surface area contributed by atoms with Crippen LogP contribution in [0, 0.1) is 0 Å². The number of rotatable bonds is 11. The van der Waals surface area contributed by atoms with Gasteiger partial charge in [-0.1, -0.05) is 12.1 Å².